The fourth-order valence-electron chi connectivity index (χ4n) is 2.50. The van der Waals surface area contributed by atoms with Crippen LogP contribution >= 0.6 is 0 Å². The van der Waals surface area contributed by atoms with Crippen LogP contribution in [0, 0.1) is 0 Å². The molecule has 1 unspecified atom stereocenters. The highest BCUT2D eigenvalue weighted by Crippen LogP contribution is 2.07. The lowest BCUT2D eigenvalue weighted by molar-refractivity contribution is -0.137. The molecule has 0 aromatic heterocycles. The van der Waals surface area contributed by atoms with Crippen molar-refractivity contribution >= 4 is 24.0 Å². The van der Waals surface area contributed by atoms with Gasteiger partial charge in [0.2, 0.25) is 5.91 Å². The van der Waals surface area contributed by atoms with Crippen LogP contribution in [0.4, 0.5) is 0 Å². The van der Waals surface area contributed by atoms with Gasteiger partial charge in [0.15, 0.2) is 0 Å². The third kappa shape index (κ3) is 15.8. The smallest absolute Gasteiger partial charge is 0.253 e. The van der Waals surface area contributed by atoms with Crippen LogP contribution in [0.1, 0.15) is 72.1 Å². The summed E-state index contributed by atoms with van der Waals surface area (Å²) < 4.78 is 0. The van der Waals surface area contributed by atoms with Crippen molar-refractivity contribution < 1.29 is 19.2 Å². The molecule has 1 aliphatic heterocycles. The van der Waals surface area contributed by atoms with Gasteiger partial charge in [-0.25, -0.2) is 0 Å². The summed E-state index contributed by atoms with van der Waals surface area (Å²) in [4.78, 5) is 45.5. The topological polar surface area (TPSA) is 122 Å². The van der Waals surface area contributed by atoms with Crippen molar-refractivity contribution in [2.45, 2.75) is 78.2 Å². The fourth-order valence-corrected chi connectivity index (χ4v) is 2.50. The first kappa shape index (κ1) is 30.1. The number of nitrogens with two attached hydrogens (primary N) is 1. The Morgan fingerprint density at radius 1 is 1.07 bits per heavy atom. The molecule has 0 aliphatic carbocycles. The van der Waals surface area contributed by atoms with E-state index in [4.69, 9.17) is 5.73 Å². The number of carbonyl (C=O) groups excluding carboxylic acids is 4. The summed E-state index contributed by atoms with van der Waals surface area (Å²) in [5, 5.41) is 5.76. The number of hydrogen-bond donors (Lipinski definition) is 3. The summed E-state index contributed by atoms with van der Waals surface area (Å²) in [7, 11) is 2.00. The monoisotopic (exact) mass is 426 g/mol. The van der Waals surface area contributed by atoms with E-state index >= 15 is 0 Å². The minimum Gasteiger partial charge on any atom is -0.355 e. The normalized spacial score (nSPS) is 13.2. The molecule has 30 heavy (non-hydrogen) atoms. The second-order valence-electron chi connectivity index (χ2n) is 6.67. The number of nitrogens with zero attached hydrogens (tertiary/aromatic N) is 1. The molecule has 8 nitrogen and oxygen atoms in total. The van der Waals surface area contributed by atoms with E-state index < -0.39 is 6.04 Å². The van der Waals surface area contributed by atoms with Crippen LogP contribution in [0.15, 0.2) is 12.2 Å². The molecule has 0 saturated heterocycles. The molecule has 0 spiro atoms. The Morgan fingerprint density at radius 3 is 2.23 bits per heavy atom. The highest BCUT2D eigenvalue weighted by atomic mass is 16.2. The minimum absolute atomic E-state index is 0.240. The van der Waals surface area contributed by atoms with Crippen molar-refractivity contribution in [3.8, 4) is 0 Å². The van der Waals surface area contributed by atoms with E-state index in [1.807, 2.05) is 20.9 Å². The Kier molecular flexibility index (Phi) is 21.7. The molecule has 3 amide bonds. The van der Waals surface area contributed by atoms with E-state index in [0.29, 0.717) is 45.2 Å². The van der Waals surface area contributed by atoms with Gasteiger partial charge < -0.3 is 21.2 Å². The van der Waals surface area contributed by atoms with Gasteiger partial charge in [0.1, 0.15) is 6.29 Å². The van der Waals surface area contributed by atoms with Crippen molar-refractivity contribution in [1.82, 2.24) is 15.5 Å². The molecule has 1 aliphatic rings. The quantitative estimate of drug-likeness (QED) is 0.222. The number of carbonyl (C=O) groups is 4. The fraction of sp³-hybridized carbons (Fsp3) is 0.727. The maximum Gasteiger partial charge on any atom is 0.253 e. The van der Waals surface area contributed by atoms with E-state index in [1.54, 1.807) is 0 Å². The lowest BCUT2D eigenvalue weighted by Crippen LogP contribution is -2.41. The summed E-state index contributed by atoms with van der Waals surface area (Å²) in [6.45, 7) is 8.18. The first-order valence-corrected chi connectivity index (χ1v) is 11.1. The van der Waals surface area contributed by atoms with E-state index in [1.165, 1.54) is 42.9 Å². The summed E-state index contributed by atoms with van der Waals surface area (Å²) in [5.74, 6) is -0.828. The molecular formula is C22H42N4O4. The predicted molar refractivity (Wildman–Crippen MR) is 121 cm³/mol. The van der Waals surface area contributed by atoms with E-state index in [-0.39, 0.29) is 17.7 Å². The number of imide groups is 1. The van der Waals surface area contributed by atoms with Crippen LogP contribution in [0.3, 0.4) is 0 Å². The summed E-state index contributed by atoms with van der Waals surface area (Å²) >= 11 is 0. The molecule has 8 heteroatoms. The van der Waals surface area contributed by atoms with Crippen molar-refractivity contribution in [3.63, 3.8) is 0 Å². The van der Waals surface area contributed by atoms with Crippen molar-refractivity contribution in [2.24, 2.45) is 5.73 Å². The Balaban J connectivity index is 0. The van der Waals surface area contributed by atoms with Crippen molar-refractivity contribution in [3.05, 3.63) is 12.2 Å². The lowest BCUT2D eigenvalue weighted by Gasteiger charge is -2.15. The highest BCUT2D eigenvalue weighted by molar-refractivity contribution is 6.12. The number of amides is 3. The second-order valence-corrected chi connectivity index (χ2v) is 6.67. The molecule has 0 fully saturated rings. The Bertz CT molecular complexity index is 487. The zero-order valence-electron chi connectivity index (χ0n) is 19.2. The number of nitrogens with one attached hydrogen (secondary N) is 2. The first-order chi connectivity index (χ1) is 14.5. The number of hydrogen-bond acceptors (Lipinski definition) is 6. The summed E-state index contributed by atoms with van der Waals surface area (Å²) in [6.07, 6.45) is 10.1. The minimum atomic E-state index is -0.607. The molecule has 174 valence electrons. The van der Waals surface area contributed by atoms with E-state index in [9.17, 15) is 19.2 Å². The molecule has 1 rings (SSSR count). The van der Waals surface area contributed by atoms with Gasteiger partial charge in [-0.05, 0) is 45.7 Å². The Morgan fingerprint density at radius 2 is 1.70 bits per heavy atom. The molecular weight excluding hydrogens is 384 g/mol. The molecule has 1 heterocycles. The average molecular weight is 427 g/mol. The van der Waals surface area contributed by atoms with Crippen LogP contribution in [0.2, 0.25) is 0 Å². The lowest BCUT2D eigenvalue weighted by atomic mass is 10.1. The van der Waals surface area contributed by atoms with Gasteiger partial charge in [0, 0.05) is 31.7 Å². The van der Waals surface area contributed by atoms with Gasteiger partial charge in [-0.2, -0.15) is 0 Å². The van der Waals surface area contributed by atoms with Crippen LogP contribution in [-0.2, 0) is 19.2 Å². The van der Waals surface area contributed by atoms with Gasteiger partial charge in [0.05, 0.1) is 6.04 Å². The van der Waals surface area contributed by atoms with Crippen LogP contribution in [0.25, 0.3) is 0 Å². The zero-order chi connectivity index (χ0) is 23.2. The molecule has 0 aromatic rings. The summed E-state index contributed by atoms with van der Waals surface area (Å²) in [6, 6.07) is -0.607. The largest absolute Gasteiger partial charge is 0.355 e. The number of rotatable bonds is 14. The van der Waals surface area contributed by atoms with Crippen molar-refractivity contribution in [2.75, 3.05) is 26.7 Å². The second kappa shape index (κ2) is 21.6. The Hall–Kier alpha value is -2.06. The SMILES string of the molecule is CC.CCCCCNC.NC(CCCCN1C(=O)C=CC1=O)C(=O)NCCCC=O. The standard InChI is InChI=1S/C14H21N3O4.C6H15N.C2H6/c15-11(14(21)16-8-2-4-10-18)5-1-3-9-17-12(19)6-7-13(17)20;1-3-4-5-6-7-2;1-2/h6-7,10-11H,1-5,8-9,15H2,(H,16,21);7H,3-6H2,1-2H3;1-2H3. The van der Waals surface area contributed by atoms with Gasteiger partial charge >= 0.3 is 0 Å². The van der Waals surface area contributed by atoms with Gasteiger partial charge in [-0.1, -0.05) is 33.6 Å². The predicted octanol–water partition coefficient (Wildman–Crippen LogP) is 1.93. The Labute approximate surface area is 182 Å². The molecule has 1 atom stereocenters. The van der Waals surface area contributed by atoms with E-state index in [2.05, 4.69) is 17.6 Å². The van der Waals surface area contributed by atoms with Gasteiger partial charge in [-0.15, -0.1) is 0 Å². The van der Waals surface area contributed by atoms with Crippen LogP contribution in [-0.4, -0.2) is 61.6 Å². The molecule has 0 radical (unpaired) electrons. The van der Waals surface area contributed by atoms with Gasteiger partial charge in [0.25, 0.3) is 11.8 Å². The van der Waals surface area contributed by atoms with Gasteiger partial charge in [-0.3, -0.25) is 19.3 Å². The average Bonchev–Trinajstić information content (AvgIpc) is 3.08. The molecule has 0 saturated carbocycles. The molecule has 4 N–H and O–H groups in total. The molecule has 0 bridgehead atoms. The molecule has 0 aromatic carbocycles. The van der Waals surface area contributed by atoms with Crippen molar-refractivity contribution in [1.29, 1.82) is 0 Å². The maximum absolute atomic E-state index is 11.6. The zero-order valence-corrected chi connectivity index (χ0v) is 19.2. The number of unbranched alkanes of at least 4 members (excludes halogenated alkanes) is 4. The van der Waals surface area contributed by atoms with Crippen LogP contribution in [0.5, 0.6) is 0 Å². The third-order valence-electron chi connectivity index (χ3n) is 4.21. The van der Waals surface area contributed by atoms with Crippen LogP contribution < -0.4 is 16.4 Å². The maximum atomic E-state index is 11.6. The highest BCUT2D eigenvalue weighted by Gasteiger charge is 2.22. The number of aldehydes is 1. The third-order valence-corrected chi connectivity index (χ3v) is 4.21. The van der Waals surface area contributed by atoms with E-state index in [0.717, 1.165) is 6.29 Å². The first-order valence-electron chi connectivity index (χ1n) is 11.1. The summed E-state index contributed by atoms with van der Waals surface area (Å²) in [5.41, 5.74) is 5.74.